The van der Waals surface area contributed by atoms with Crippen molar-refractivity contribution in [3.8, 4) is 0 Å². The lowest BCUT2D eigenvalue weighted by Gasteiger charge is -2.36. The largest absolute Gasteiger partial charge is 0.465 e. The van der Waals surface area contributed by atoms with Crippen LogP contribution in [0.3, 0.4) is 0 Å². The standard InChI is InChI=1S/C26H23Cl2F3N6O6/c27-13-5-12(21(31)17(28)6-13)9-32-23(38)26(42)3-4-36(24(26)39)20-10-33-37(35-20)15-8-19(34-25(40)41)22(43-11-15)16-7-14(29)1-2-18(16)30/h1-2,5-7,10,15,19,22,34,42H,3-4,8-9,11H2,(H,32,38)(H,40,41)/t15-,19+,22-,26?/m1/s1. The van der Waals surface area contributed by atoms with E-state index in [1.54, 1.807) is 0 Å². The lowest BCUT2D eigenvalue weighted by Crippen LogP contribution is -2.52. The number of benzene rings is 2. The van der Waals surface area contributed by atoms with Gasteiger partial charge in [-0.05, 0) is 36.8 Å². The van der Waals surface area contributed by atoms with Crippen LogP contribution in [-0.4, -0.2) is 67.9 Å². The van der Waals surface area contributed by atoms with Crippen LogP contribution in [0.4, 0.5) is 23.8 Å². The molecule has 3 heterocycles. The third-order valence-corrected chi connectivity index (χ3v) is 7.71. The Labute approximate surface area is 251 Å². The zero-order chi connectivity index (χ0) is 31.1. The van der Waals surface area contributed by atoms with Gasteiger partial charge >= 0.3 is 6.09 Å². The molecule has 2 saturated heterocycles. The van der Waals surface area contributed by atoms with E-state index in [2.05, 4.69) is 20.8 Å². The van der Waals surface area contributed by atoms with Gasteiger partial charge in [0.2, 0.25) is 5.60 Å². The summed E-state index contributed by atoms with van der Waals surface area (Å²) in [5, 5.41) is 33.1. The van der Waals surface area contributed by atoms with Crippen molar-refractivity contribution in [2.75, 3.05) is 18.1 Å². The monoisotopic (exact) mass is 642 g/mol. The van der Waals surface area contributed by atoms with E-state index in [4.69, 9.17) is 27.9 Å². The quantitative estimate of drug-likeness (QED) is 0.226. The summed E-state index contributed by atoms with van der Waals surface area (Å²) in [5.41, 5.74) is -2.69. The topological polar surface area (TPSA) is 159 Å². The molecule has 3 aromatic rings. The number of anilines is 1. The van der Waals surface area contributed by atoms with Crippen molar-refractivity contribution in [3.63, 3.8) is 0 Å². The Bertz CT molecular complexity index is 1590. The number of carbonyl (C=O) groups excluding carboxylic acids is 2. The molecule has 1 aromatic heterocycles. The van der Waals surface area contributed by atoms with Crippen LogP contribution in [0.5, 0.6) is 0 Å². The Kier molecular flexibility index (Phi) is 8.51. The highest BCUT2D eigenvalue weighted by Crippen LogP contribution is 2.35. The molecule has 0 saturated carbocycles. The molecule has 0 bridgehead atoms. The smallest absolute Gasteiger partial charge is 0.404 e. The number of carboxylic acid groups (broad SMARTS) is 1. The van der Waals surface area contributed by atoms with Crippen LogP contribution in [0.15, 0.2) is 36.5 Å². The molecule has 0 radical (unpaired) electrons. The Morgan fingerprint density at radius 3 is 2.70 bits per heavy atom. The first-order valence-corrected chi connectivity index (χ1v) is 13.6. The SMILES string of the molecule is O=C(O)N[C@H]1C[C@@H](n2ncc(N3CCC(O)(C(=O)NCc4cc(Cl)cc(Cl)c4F)C3=O)n2)CO[C@@H]1c1cc(F)ccc1F. The predicted molar refractivity (Wildman–Crippen MR) is 144 cm³/mol. The zero-order valence-electron chi connectivity index (χ0n) is 21.9. The van der Waals surface area contributed by atoms with Crippen LogP contribution < -0.4 is 15.5 Å². The summed E-state index contributed by atoms with van der Waals surface area (Å²) in [6.45, 7) is -0.620. The fraction of sp³-hybridized carbons (Fsp3) is 0.346. The molecule has 43 heavy (non-hydrogen) atoms. The second-order valence-electron chi connectivity index (χ2n) is 10.00. The van der Waals surface area contributed by atoms with Crippen LogP contribution in [0.1, 0.15) is 36.1 Å². The average molecular weight is 643 g/mol. The van der Waals surface area contributed by atoms with Gasteiger partial charge in [0.15, 0.2) is 5.82 Å². The van der Waals surface area contributed by atoms with Crippen molar-refractivity contribution < 1.29 is 42.5 Å². The summed E-state index contributed by atoms with van der Waals surface area (Å²) in [5.74, 6) is -4.38. The minimum absolute atomic E-state index is 0.0116. The maximum atomic E-state index is 14.4. The predicted octanol–water partition coefficient (Wildman–Crippen LogP) is 3.13. The molecule has 12 nitrogen and oxygen atoms in total. The van der Waals surface area contributed by atoms with Crippen LogP contribution in [0, 0.1) is 17.5 Å². The van der Waals surface area contributed by atoms with Crippen molar-refractivity contribution in [2.45, 2.75) is 43.2 Å². The van der Waals surface area contributed by atoms with Crippen molar-refractivity contribution in [1.82, 2.24) is 25.6 Å². The number of nitrogens with zero attached hydrogens (tertiary/aromatic N) is 4. The summed E-state index contributed by atoms with van der Waals surface area (Å²) in [4.78, 5) is 39.6. The van der Waals surface area contributed by atoms with E-state index >= 15 is 0 Å². The molecule has 0 spiro atoms. The van der Waals surface area contributed by atoms with Crippen molar-refractivity contribution in [1.29, 1.82) is 0 Å². The zero-order valence-corrected chi connectivity index (χ0v) is 23.4. The van der Waals surface area contributed by atoms with Gasteiger partial charge in [-0.2, -0.15) is 9.90 Å². The number of hydrogen-bond acceptors (Lipinski definition) is 7. The fourth-order valence-electron chi connectivity index (χ4n) is 5.07. The van der Waals surface area contributed by atoms with Gasteiger partial charge in [-0.15, -0.1) is 5.10 Å². The number of ether oxygens (including phenoxy) is 1. The molecule has 3 amide bonds. The second-order valence-corrected chi connectivity index (χ2v) is 10.8. The molecule has 228 valence electrons. The molecule has 17 heteroatoms. The third kappa shape index (κ3) is 6.11. The number of halogens is 5. The molecule has 2 aliphatic heterocycles. The Morgan fingerprint density at radius 1 is 1.19 bits per heavy atom. The Hall–Kier alpha value is -3.92. The highest BCUT2D eigenvalue weighted by molar-refractivity contribution is 6.34. The number of aliphatic hydroxyl groups is 1. The fourth-order valence-corrected chi connectivity index (χ4v) is 5.61. The first-order valence-electron chi connectivity index (χ1n) is 12.8. The van der Waals surface area contributed by atoms with Crippen LogP contribution in [0.25, 0.3) is 0 Å². The molecule has 2 aliphatic rings. The van der Waals surface area contributed by atoms with Gasteiger partial charge in [0.25, 0.3) is 11.8 Å². The Balaban J connectivity index is 1.27. The summed E-state index contributed by atoms with van der Waals surface area (Å²) < 4.78 is 48.3. The third-order valence-electron chi connectivity index (χ3n) is 7.21. The minimum Gasteiger partial charge on any atom is -0.465 e. The molecule has 2 aromatic carbocycles. The first kappa shape index (κ1) is 30.5. The molecule has 0 aliphatic carbocycles. The van der Waals surface area contributed by atoms with Gasteiger partial charge in [0.1, 0.15) is 23.6 Å². The van der Waals surface area contributed by atoms with E-state index in [0.29, 0.717) is 0 Å². The number of nitrogens with one attached hydrogen (secondary N) is 2. The summed E-state index contributed by atoms with van der Waals surface area (Å²) >= 11 is 11.7. The highest BCUT2D eigenvalue weighted by Gasteiger charge is 2.52. The summed E-state index contributed by atoms with van der Waals surface area (Å²) in [6, 6.07) is 3.51. The van der Waals surface area contributed by atoms with Gasteiger partial charge in [-0.1, -0.05) is 23.2 Å². The second kappa shape index (κ2) is 12.0. The molecule has 2 fully saturated rings. The van der Waals surface area contributed by atoms with Crippen LogP contribution in [0.2, 0.25) is 10.0 Å². The Morgan fingerprint density at radius 2 is 1.95 bits per heavy atom. The maximum absolute atomic E-state index is 14.4. The van der Waals surface area contributed by atoms with Gasteiger partial charge in [0, 0.05) is 35.7 Å². The van der Waals surface area contributed by atoms with Gasteiger partial charge in [0.05, 0.1) is 29.9 Å². The van der Waals surface area contributed by atoms with Crippen molar-refractivity contribution in [3.05, 3.63) is 75.2 Å². The average Bonchev–Trinajstić information content (AvgIpc) is 3.56. The first-order chi connectivity index (χ1) is 20.4. The number of rotatable bonds is 7. The number of aromatic nitrogens is 3. The van der Waals surface area contributed by atoms with Crippen LogP contribution in [-0.2, 0) is 20.9 Å². The molecule has 4 N–H and O–H groups in total. The molecule has 4 atom stereocenters. The normalized spacial score (nSPS) is 23.8. The van der Waals surface area contributed by atoms with Gasteiger partial charge < -0.3 is 25.6 Å². The summed E-state index contributed by atoms with van der Waals surface area (Å²) in [6.07, 6.45) is -1.62. The highest BCUT2D eigenvalue weighted by atomic mass is 35.5. The number of amides is 3. The van der Waals surface area contributed by atoms with Crippen molar-refractivity contribution >= 4 is 46.9 Å². The van der Waals surface area contributed by atoms with E-state index in [1.165, 1.54) is 23.1 Å². The summed E-state index contributed by atoms with van der Waals surface area (Å²) in [7, 11) is 0. The van der Waals surface area contributed by atoms with E-state index in [0.717, 1.165) is 23.1 Å². The maximum Gasteiger partial charge on any atom is 0.404 e. The minimum atomic E-state index is -2.48. The van der Waals surface area contributed by atoms with Gasteiger partial charge in [-0.3, -0.25) is 14.5 Å². The van der Waals surface area contributed by atoms with E-state index in [9.17, 15) is 37.8 Å². The number of carbonyl (C=O) groups is 3. The van der Waals surface area contributed by atoms with Crippen molar-refractivity contribution in [2.24, 2.45) is 0 Å². The lowest BCUT2D eigenvalue weighted by molar-refractivity contribution is -0.149. The lowest BCUT2D eigenvalue weighted by atomic mass is 9.93. The van der Waals surface area contributed by atoms with E-state index < -0.39 is 65.7 Å². The van der Waals surface area contributed by atoms with Gasteiger partial charge in [-0.25, -0.2) is 18.0 Å². The van der Waals surface area contributed by atoms with E-state index in [-0.39, 0.29) is 53.0 Å². The molecule has 1 unspecified atom stereocenters. The van der Waals surface area contributed by atoms with E-state index in [1.807, 2.05) is 0 Å². The number of hydrogen-bond donors (Lipinski definition) is 4. The van der Waals surface area contributed by atoms with Crippen LogP contribution >= 0.6 is 23.2 Å². The molecular weight excluding hydrogens is 620 g/mol. The molecule has 5 rings (SSSR count). The molecular formula is C26H23Cl2F3N6O6.